The molecule has 0 saturated carbocycles. The van der Waals surface area contributed by atoms with E-state index < -0.39 is 10.0 Å². The van der Waals surface area contributed by atoms with E-state index in [1.165, 1.54) is 0 Å². The minimum atomic E-state index is -3.26. The van der Waals surface area contributed by atoms with Gasteiger partial charge in [-0.15, -0.1) is 0 Å². The lowest BCUT2D eigenvalue weighted by molar-refractivity contribution is 0.0440. The van der Waals surface area contributed by atoms with Crippen molar-refractivity contribution in [1.82, 2.24) is 24.1 Å². The number of hydrogen-bond donors (Lipinski definition) is 1. The molecule has 4 heterocycles. The molecule has 28 heavy (non-hydrogen) atoms. The third-order valence-corrected chi connectivity index (χ3v) is 5.30. The molecule has 148 valence electrons. The summed E-state index contributed by atoms with van der Waals surface area (Å²) in [4.78, 5) is 15.5. The third-order valence-electron chi connectivity index (χ3n) is 4.39. The fourth-order valence-electron chi connectivity index (χ4n) is 3.07. The summed E-state index contributed by atoms with van der Waals surface area (Å²) in [6.07, 6.45) is 7.75. The molecule has 1 aliphatic heterocycles. The van der Waals surface area contributed by atoms with Crippen LogP contribution in [0.15, 0.2) is 36.9 Å². The molecule has 0 aliphatic carbocycles. The Morgan fingerprint density at radius 1 is 1.32 bits per heavy atom. The lowest BCUT2D eigenvalue weighted by Crippen LogP contribution is -2.47. The Hall–Kier alpha value is -2.27. The Balaban J connectivity index is 1.57. The van der Waals surface area contributed by atoms with E-state index in [9.17, 15) is 8.42 Å². The van der Waals surface area contributed by atoms with Crippen molar-refractivity contribution in [3.05, 3.63) is 41.9 Å². The average Bonchev–Trinajstić information content (AvgIpc) is 3.09. The molecular weight excluding hydrogens is 404 g/mol. The van der Waals surface area contributed by atoms with Gasteiger partial charge in [-0.2, -0.15) is 0 Å². The van der Waals surface area contributed by atoms with E-state index in [1.54, 1.807) is 30.9 Å². The summed E-state index contributed by atoms with van der Waals surface area (Å²) in [5, 5.41) is 0.602. The number of nitrogens with one attached hydrogen (secondary N) is 1. The molecule has 0 amide bonds. The number of aromatic nitrogens is 4. The average molecular weight is 423 g/mol. The standard InChI is InChI=1S/C17H19ClN6O3S/c1-28(25,26)21-6-13-11-23(4-5-27-13)17-9-19-7-14(22-17)15-8-20-16-3-2-12(18)10-24(15)16/h2-3,7-10,13,21H,4-6,11H2,1H3. The first-order valence-corrected chi connectivity index (χ1v) is 10.9. The Bertz CT molecular complexity index is 1100. The molecular formula is C17H19ClN6O3S. The maximum Gasteiger partial charge on any atom is 0.208 e. The first-order valence-electron chi connectivity index (χ1n) is 8.65. The topological polar surface area (TPSA) is 102 Å². The van der Waals surface area contributed by atoms with Crippen molar-refractivity contribution in [3.63, 3.8) is 0 Å². The molecule has 1 unspecified atom stereocenters. The maximum atomic E-state index is 11.3. The first kappa shape index (κ1) is 19.1. The highest BCUT2D eigenvalue weighted by Gasteiger charge is 2.23. The van der Waals surface area contributed by atoms with Crippen molar-refractivity contribution in [2.75, 3.05) is 37.4 Å². The number of anilines is 1. The Kier molecular flexibility index (Phi) is 5.19. The highest BCUT2D eigenvalue weighted by atomic mass is 35.5. The Labute approximate surface area is 167 Å². The molecule has 1 aliphatic rings. The smallest absolute Gasteiger partial charge is 0.208 e. The van der Waals surface area contributed by atoms with Gasteiger partial charge in [0.1, 0.15) is 17.2 Å². The van der Waals surface area contributed by atoms with E-state index in [2.05, 4.69) is 14.7 Å². The molecule has 1 atom stereocenters. The van der Waals surface area contributed by atoms with Gasteiger partial charge in [-0.25, -0.2) is 23.1 Å². The van der Waals surface area contributed by atoms with Gasteiger partial charge in [-0.3, -0.25) is 9.38 Å². The van der Waals surface area contributed by atoms with Gasteiger partial charge in [0.15, 0.2) is 0 Å². The summed E-state index contributed by atoms with van der Waals surface area (Å²) < 4.78 is 32.6. The fourth-order valence-corrected chi connectivity index (χ4v) is 3.72. The SMILES string of the molecule is CS(=O)(=O)NCC1CN(c2cncc(-c3cnc4ccc(Cl)cn34)n2)CCO1. The first-order chi connectivity index (χ1) is 13.4. The number of halogens is 1. The van der Waals surface area contributed by atoms with Crippen LogP contribution in [0, 0.1) is 0 Å². The quantitative estimate of drug-likeness (QED) is 0.659. The number of hydrogen-bond acceptors (Lipinski definition) is 7. The van der Waals surface area contributed by atoms with Crippen molar-refractivity contribution >= 4 is 33.1 Å². The molecule has 1 saturated heterocycles. The van der Waals surface area contributed by atoms with E-state index in [-0.39, 0.29) is 12.6 Å². The normalized spacial score (nSPS) is 17.9. The Morgan fingerprint density at radius 3 is 3.00 bits per heavy atom. The molecule has 3 aromatic heterocycles. The minimum Gasteiger partial charge on any atom is -0.373 e. The second-order valence-corrected chi connectivity index (χ2v) is 8.81. The number of morpholine rings is 1. The summed E-state index contributed by atoms with van der Waals surface area (Å²) in [6, 6.07) is 3.62. The van der Waals surface area contributed by atoms with Gasteiger partial charge in [-0.1, -0.05) is 11.6 Å². The van der Waals surface area contributed by atoms with E-state index in [1.807, 2.05) is 15.4 Å². The third kappa shape index (κ3) is 4.25. The van der Waals surface area contributed by atoms with Gasteiger partial charge in [0.25, 0.3) is 0 Å². The van der Waals surface area contributed by atoms with Crippen molar-refractivity contribution in [3.8, 4) is 11.4 Å². The summed E-state index contributed by atoms with van der Waals surface area (Å²) in [6.45, 7) is 1.85. The molecule has 9 nitrogen and oxygen atoms in total. The summed E-state index contributed by atoms with van der Waals surface area (Å²) in [5.74, 6) is 0.696. The van der Waals surface area contributed by atoms with Gasteiger partial charge in [0, 0.05) is 25.8 Å². The van der Waals surface area contributed by atoms with Crippen LogP contribution in [0.25, 0.3) is 17.0 Å². The van der Waals surface area contributed by atoms with Crippen LogP contribution in [-0.2, 0) is 14.8 Å². The maximum absolute atomic E-state index is 11.3. The highest BCUT2D eigenvalue weighted by Crippen LogP contribution is 2.23. The summed E-state index contributed by atoms with van der Waals surface area (Å²) in [7, 11) is -3.26. The van der Waals surface area contributed by atoms with Crippen LogP contribution in [-0.4, -0.2) is 66.4 Å². The zero-order valence-corrected chi connectivity index (χ0v) is 16.7. The predicted octanol–water partition coefficient (Wildman–Crippen LogP) is 1.20. The zero-order chi connectivity index (χ0) is 19.7. The van der Waals surface area contributed by atoms with E-state index in [4.69, 9.17) is 21.3 Å². The molecule has 0 spiro atoms. The van der Waals surface area contributed by atoms with Crippen molar-refractivity contribution in [2.45, 2.75) is 6.10 Å². The second-order valence-electron chi connectivity index (χ2n) is 6.54. The number of fused-ring (bicyclic) bond motifs is 1. The number of sulfonamides is 1. The second kappa shape index (κ2) is 7.63. The number of pyridine rings is 1. The van der Waals surface area contributed by atoms with Gasteiger partial charge in [0.2, 0.25) is 10.0 Å². The van der Waals surface area contributed by atoms with Crippen LogP contribution in [0.2, 0.25) is 5.02 Å². The van der Waals surface area contributed by atoms with Crippen LogP contribution in [0.5, 0.6) is 0 Å². The highest BCUT2D eigenvalue weighted by molar-refractivity contribution is 7.88. The van der Waals surface area contributed by atoms with Crippen LogP contribution in [0.3, 0.4) is 0 Å². The number of imidazole rings is 1. The van der Waals surface area contributed by atoms with Gasteiger partial charge in [0.05, 0.1) is 48.3 Å². The lowest BCUT2D eigenvalue weighted by Gasteiger charge is -2.33. The fraction of sp³-hybridized carbons (Fsp3) is 0.353. The molecule has 4 rings (SSSR count). The molecule has 3 aromatic rings. The van der Waals surface area contributed by atoms with Crippen molar-refractivity contribution in [2.24, 2.45) is 0 Å². The molecule has 11 heteroatoms. The molecule has 0 bridgehead atoms. The van der Waals surface area contributed by atoms with E-state index in [0.29, 0.717) is 36.2 Å². The zero-order valence-electron chi connectivity index (χ0n) is 15.1. The molecule has 1 fully saturated rings. The summed E-state index contributed by atoms with van der Waals surface area (Å²) >= 11 is 6.11. The largest absolute Gasteiger partial charge is 0.373 e. The van der Waals surface area contributed by atoms with E-state index >= 15 is 0 Å². The van der Waals surface area contributed by atoms with Crippen LogP contribution < -0.4 is 9.62 Å². The van der Waals surface area contributed by atoms with Crippen LogP contribution in [0.4, 0.5) is 5.82 Å². The van der Waals surface area contributed by atoms with Crippen LogP contribution >= 0.6 is 11.6 Å². The van der Waals surface area contributed by atoms with E-state index in [0.717, 1.165) is 17.6 Å². The van der Waals surface area contributed by atoms with Crippen molar-refractivity contribution < 1.29 is 13.2 Å². The van der Waals surface area contributed by atoms with Crippen LogP contribution in [0.1, 0.15) is 0 Å². The predicted molar refractivity (Wildman–Crippen MR) is 106 cm³/mol. The summed E-state index contributed by atoms with van der Waals surface area (Å²) in [5.41, 5.74) is 2.23. The molecule has 1 N–H and O–H groups in total. The van der Waals surface area contributed by atoms with Gasteiger partial charge >= 0.3 is 0 Å². The lowest BCUT2D eigenvalue weighted by atomic mass is 10.2. The monoisotopic (exact) mass is 422 g/mol. The van der Waals surface area contributed by atoms with Gasteiger partial charge < -0.3 is 9.64 Å². The number of rotatable bonds is 5. The number of nitrogens with zero attached hydrogens (tertiary/aromatic N) is 5. The van der Waals surface area contributed by atoms with Gasteiger partial charge in [-0.05, 0) is 12.1 Å². The van der Waals surface area contributed by atoms with Crippen molar-refractivity contribution in [1.29, 1.82) is 0 Å². The minimum absolute atomic E-state index is 0.216. The molecule has 0 radical (unpaired) electrons. The Morgan fingerprint density at radius 2 is 2.18 bits per heavy atom. The number of ether oxygens (including phenoxy) is 1. The molecule has 0 aromatic carbocycles.